The number of benzene rings is 2. The Bertz CT molecular complexity index is 777. The molecule has 0 saturated heterocycles. The highest BCUT2D eigenvalue weighted by molar-refractivity contribution is 5.91. The standard InChI is InChI=1S/C17H15NO3/c1-21-16-12-9-10-18-14(12)8-7-13(16)15(17(19)20)11-5-3-2-4-6-11/h2-10,15,18H,1H3,(H,19,20). The van der Waals surface area contributed by atoms with Crippen molar-refractivity contribution in [3.8, 4) is 5.75 Å². The number of carboxylic acids is 1. The first kappa shape index (κ1) is 13.2. The Labute approximate surface area is 122 Å². The van der Waals surface area contributed by atoms with Gasteiger partial charge in [-0.1, -0.05) is 36.4 Å². The Morgan fingerprint density at radius 2 is 1.90 bits per heavy atom. The zero-order valence-corrected chi connectivity index (χ0v) is 11.5. The largest absolute Gasteiger partial charge is 0.496 e. The van der Waals surface area contributed by atoms with Crippen molar-refractivity contribution in [1.82, 2.24) is 4.98 Å². The van der Waals surface area contributed by atoms with E-state index in [1.165, 1.54) is 0 Å². The zero-order valence-electron chi connectivity index (χ0n) is 11.5. The van der Waals surface area contributed by atoms with E-state index < -0.39 is 11.9 Å². The van der Waals surface area contributed by atoms with E-state index in [4.69, 9.17) is 4.74 Å². The molecule has 3 aromatic rings. The lowest BCUT2D eigenvalue weighted by Crippen LogP contribution is -2.14. The molecule has 106 valence electrons. The monoisotopic (exact) mass is 281 g/mol. The molecule has 21 heavy (non-hydrogen) atoms. The number of aliphatic carboxylic acids is 1. The van der Waals surface area contributed by atoms with Gasteiger partial charge in [0.15, 0.2) is 0 Å². The van der Waals surface area contributed by atoms with E-state index in [-0.39, 0.29) is 0 Å². The summed E-state index contributed by atoms with van der Waals surface area (Å²) in [7, 11) is 1.56. The Morgan fingerprint density at radius 3 is 2.57 bits per heavy atom. The fourth-order valence-corrected chi connectivity index (χ4v) is 2.68. The first-order chi connectivity index (χ1) is 10.2. The molecule has 0 aliphatic heterocycles. The summed E-state index contributed by atoms with van der Waals surface area (Å²) >= 11 is 0. The normalized spacial score (nSPS) is 12.2. The van der Waals surface area contributed by atoms with Crippen LogP contribution in [0.25, 0.3) is 10.9 Å². The highest BCUT2D eigenvalue weighted by Gasteiger charge is 2.26. The first-order valence-corrected chi connectivity index (χ1v) is 6.64. The van der Waals surface area contributed by atoms with Crippen molar-refractivity contribution in [1.29, 1.82) is 0 Å². The minimum atomic E-state index is -0.894. The van der Waals surface area contributed by atoms with Crippen LogP contribution in [0.3, 0.4) is 0 Å². The Kier molecular flexibility index (Phi) is 3.36. The lowest BCUT2D eigenvalue weighted by molar-refractivity contribution is -0.137. The minimum Gasteiger partial charge on any atom is -0.496 e. The van der Waals surface area contributed by atoms with E-state index in [0.717, 1.165) is 16.5 Å². The summed E-state index contributed by atoms with van der Waals surface area (Å²) in [4.78, 5) is 14.9. The topological polar surface area (TPSA) is 62.3 Å². The van der Waals surface area contributed by atoms with Crippen molar-refractivity contribution < 1.29 is 14.6 Å². The lowest BCUT2D eigenvalue weighted by Gasteiger charge is -2.17. The van der Waals surface area contributed by atoms with Crippen LogP contribution in [0, 0.1) is 0 Å². The second-order valence-corrected chi connectivity index (χ2v) is 4.81. The third-order valence-corrected chi connectivity index (χ3v) is 3.61. The predicted molar refractivity (Wildman–Crippen MR) is 80.8 cm³/mol. The second-order valence-electron chi connectivity index (χ2n) is 4.81. The zero-order chi connectivity index (χ0) is 14.8. The maximum absolute atomic E-state index is 11.8. The van der Waals surface area contributed by atoms with Gasteiger partial charge in [-0.3, -0.25) is 4.79 Å². The van der Waals surface area contributed by atoms with Crippen molar-refractivity contribution >= 4 is 16.9 Å². The third kappa shape index (κ3) is 2.25. The van der Waals surface area contributed by atoms with Gasteiger partial charge in [0.2, 0.25) is 0 Å². The summed E-state index contributed by atoms with van der Waals surface area (Å²) in [6.07, 6.45) is 1.81. The van der Waals surface area contributed by atoms with Crippen molar-refractivity contribution in [3.63, 3.8) is 0 Å². The first-order valence-electron chi connectivity index (χ1n) is 6.64. The van der Waals surface area contributed by atoms with Crippen LogP contribution in [0.1, 0.15) is 17.0 Å². The van der Waals surface area contributed by atoms with Gasteiger partial charge in [-0.15, -0.1) is 0 Å². The fourth-order valence-electron chi connectivity index (χ4n) is 2.68. The van der Waals surface area contributed by atoms with Crippen LogP contribution < -0.4 is 4.74 Å². The lowest BCUT2D eigenvalue weighted by atomic mass is 9.90. The van der Waals surface area contributed by atoms with E-state index >= 15 is 0 Å². The maximum atomic E-state index is 11.8. The van der Waals surface area contributed by atoms with Crippen LogP contribution in [-0.2, 0) is 4.79 Å². The summed E-state index contributed by atoms with van der Waals surface area (Å²) in [5.74, 6) is -1.04. The second kappa shape index (κ2) is 5.32. The number of aromatic nitrogens is 1. The molecule has 0 aliphatic carbocycles. The molecule has 0 aliphatic rings. The van der Waals surface area contributed by atoms with Gasteiger partial charge in [0, 0.05) is 22.7 Å². The summed E-state index contributed by atoms with van der Waals surface area (Å²) in [5.41, 5.74) is 2.31. The molecule has 3 rings (SSSR count). The van der Waals surface area contributed by atoms with Crippen LogP contribution in [0.15, 0.2) is 54.7 Å². The molecule has 0 saturated carbocycles. The van der Waals surface area contributed by atoms with E-state index in [1.807, 2.05) is 54.7 Å². The summed E-state index contributed by atoms with van der Waals surface area (Å²) in [5, 5.41) is 10.5. The molecule has 1 unspecified atom stereocenters. The fraction of sp³-hybridized carbons (Fsp3) is 0.118. The molecule has 0 amide bonds. The smallest absolute Gasteiger partial charge is 0.315 e. The number of hydrogen-bond donors (Lipinski definition) is 2. The van der Waals surface area contributed by atoms with E-state index in [2.05, 4.69) is 4.98 Å². The molecule has 4 heteroatoms. The molecule has 0 radical (unpaired) electrons. The summed E-state index contributed by atoms with van der Waals surface area (Å²) < 4.78 is 5.49. The van der Waals surface area contributed by atoms with Crippen molar-refractivity contribution in [2.75, 3.05) is 7.11 Å². The van der Waals surface area contributed by atoms with Crippen LogP contribution in [0.4, 0.5) is 0 Å². The van der Waals surface area contributed by atoms with Gasteiger partial charge in [-0.2, -0.15) is 0 Å². The van der Waals surface area contributed by atoms with E-state index in [9.17, 15) is 9.90 Å². The number of hydrogen-bond acceptors (Lipinski definition) is 2. The van der Waals surface area contributed by atoms with Crippen molar-refractivity contribution in [3.05, 3.63) is 65.9 Å². The van der Waals surface area contributed by atoms with E-state index in [0.29, 0.717) is 11.3 Å². The molecule has 0 bridgehead atoms. The van der Waals surface area contributed by atoms with Gasteiger partial charge in [-0.05, 0) is 17.7 Å². The van der Waals surface area contributed by atoms with Gasteiger partial charge >= 0.3 is 5.97 Å². The van der Waals surface area contributed by atoms with Crippen LogP contribution in [0.2, 0.25) is 0 Å². The van der Waals surface area contributed by atoms with Crippen LogP contribution in [-0.4, -0.2) is 23.2 Å². The van der Waals surface area contributed by atoms with Crippen LogP contribution in [0.5, 0.6) is 5.75 Å². The summed E-state index contributed by atoms with van der Waals surface area (Å²) in [6.45, 7) is 0. The van der Waals surface area contributed by atoms with E-state index in [1.54, 1.807) is 7.11 Å². The number of H-pyrrole nitrogens is 1. The SMILES string of the molecule is COc1c(C(C(=O)O)c2ccccc2)ccc2[nH]ccc12. The van der Waals surface area contributed by atoms with Gasteiger partial charge in [0.25, 0.3) is 0 Å². The maximum Gasteiger partial charge on any atom is 0.315 e. The number of ether oxygens (including phenoxy) is 1. The summed E-state index contributed by atoms with van der Waals surface area (Å²) in [6, 6.07) is 14.8. The quantitative estimate of drug-likeness (QED) is 0.770. The Balaban J connectivity index is 2.22. The van der Waals surface area contributed by atoms with Crippen molar-refractivity contribution in [2.45, 2.75) is 5.92 Å². The predicted octanol–water partition coefficient (Wildman–Crippen LogP) is 3.39. The molecule has 2 aromatic carbocycles. The average Bonchev–Trinajstić information content (AvgIpc) is 2.96. The molecule has 0 spiro atoms. The molecular formula is C17H15NO3. The number of fused-ring (bicyclic) bond motifs is 1. The molecule has 1 aromatic heterocycles. The number of carboxylic acid groups (broad SMARTS) is 1. The molecule has 0 fully saturated rings. The number of nitrogens with one attached hydrogen (secondary N) is 1. The number of carbonyl (C=O) groups is 1. The Hall–Kier alpha value is -2.75. The molecule has 1 atom stereocenters. The number of rotatable bonds is 4. The van der Waals surface area contributed by atoms with Gasteiger partial charge in [-0.25, -0.2) is 0 Å². The number of methoxy groups -OCH3 is 1. The minimum absolute atomic E-state index is 0.602. The molecular weight excluding hydrogens is 266 g/mol. The average molecular weight is 281 g/mol. The molecule has 4 nitrogen and oxygen atoms in total. The highest BCUT2D eigenvalue weighted by atomic mass is 16.5. The highest BCUT2D eigenvalue weighted by Crippen LogP contribution is 2.37. The number of aromatic amines is 1. The Morgan fingerprint density at radius 1 is 1.14 bits per heavy atom. The molecule has 1 heterocycles. The van der Waals surface area contributed by atoms with Gasteiger partial charge in [0.05, 0.1) is 7.11 Å². The van der Waals surface area contributed by atoms with Gasteiger partial charge < -0.3 is 14.8 Å². The van der Waals surface area contributed by atoms with Crippen LogP contribution >= 0.6 is 0 Å². The van der Waals surface area contributed by atoms with Crippen molar-refractivity contribution in [2.24, 2.45) is 0 Å². The van der Waals surface area contributed by atoms with Gasteiger partial charge in [0.1, 0.15) is 11.7 Å². The molecule has 2 N–H and O–H groups in total. The third-order valence-electron chi connectivity index (χ3n) is 3.61.